The minimum Gasteiger partial charge on any atom is -0.415 e. The molecule has 0 saturated heterocycles. The molecule has 0 bridgehead atoms. The van der Waals surface area contributed by atoms with Crippen molar-refractivity contribution in [2.45, 2.75) is 6.42 Å². The summed E-state index contributed by atoms with van der Waals surface area (Å²) in [7, 11) is 3.41. The van der Waals surface area contributed by atoms with Gasteiger partial charge in [-0.3, -0.25) is 0 Å². The number of amides is 1. The number of rotatable bonds is 2. The second kappa shape index (κ2) is 3.88. The quantitative estimate of drug-likeness (QED) is 0.595. The van der Waals surface area contributed by atoms with Crippen LogP contribution in [0.25, 0.3) is 0 Å². The molecule has 0 atom stereocenters. The van der Waals surface area contributed by atoms with Gasteiger partial charge in [-0.1, -0.05) is 30.3 Å². The first-order valence-electron chi connectivity index (χ1n) is 3.52. The summed E-state index contributed by atoms with van der Waals surface area (Å²) >= 11 is 0. The number of quaternary nitrogens is 1. The van der Waals surface area contributed by atoms with E-state index in [9.17, 15) is 4.79 Å². The van der Waals surface area contributed by atoms with Crippen LogP contribution in [0.1, 0.15) is 5.56 Å². The number of hydrogen-bond acceptors (Lipinski definition) is 1. The molecule has 0 aliphatic rings. The van der Waals surface area contributed by atoms with Crippen LogP contribution in [0, 0.1) is 7.05 Å². The van der Waals surface area contributed by atoms with E-state index in [0.29, 0.717) is 6.42 Å². The Morgan fingerprint density at radius 3 is 2.55 bits per heavy atom. The first-order chi connectivity index (χ1) is 5.33. The van der Waals surface area contributed by atoms with E-state index in [1.54, 1.807) is 0 Å². The van der Waals surface area contributed by atoms with Gasteiger partial charge >= 0.3 is 0 Å². The average molecular weight is 149 g/mol. The van der Waals surface area contributed by atoms with E-state index in [-0.39, 0.29) is 5.91 Å². The Hall–Kier alpha value is -1.15. The second-order valence-corrected chi connectivity index (χ2v) is 2.33. The molecule has 1 aromatic rings. The Labute approximate surface area is 66.2 Å². The first-order valence-corrected chi connectivity index (χ1v) is 3.52. The molecule has 1 aromatic carbocycles. The van der Waals surface area contributed by atoms with Gasteiger partial charge in [-0.05, 0) is 5.56 Å². The number of hydrogen-bond donors (Lipinski definition) is 1. The van der Waals surface area contributed by atoms with Gasteiger partial charge in [0.15, 0.2) is 0 Å². The molecule has 0 aromatic heterocycles. The molecule has 1 rings (SSSR count). The molecule has 0 radical (unpaired) electrons. The van der Waals surface area contributed by atoms with Crippen molar-refractivity contribution < 1.29 is 10.1 Å². The van der Waals surface area contributed by atoms with Gasteiger partial charge in [0, 0.05) is 0 Å². The summed E-state index contributed by atoms with van der Waals surface area (Å²) in [5.74, 6) is 0.0659. The maximum Gasteiger partial charge on any atom is 0.288 e. The van der Waals surface area contributed by atoms with Gasteiger partial charge in [0.25, 0.3) is 5.91 Å². The summed E-state index contributed by atoms with van der Waals surface area (Å²) in [6.07, 6.45) is 0.463. The monoisotopic (exact) mass is 149 g/mol. The fourth-order valence-electron chi connectivity index (χ4n) is 0.869. The van der Waals surface area contributed by atoms with Crippen LogP contribution >= 0.6 is 0 Å². The van der Waals surface area contributed by atoms with E-state index < -0.39 is 0 Å². The number of primary amides is 1. The van der Waals surface area contributed by atoms with Crippen LogP contribution in [0.2, 0.25) is 0 Å². The summed E-state index contributed by atoms with van der Waals surface area (Å²) < 4.78 is 0. The van der Waals surface area contributed by atoms with Crippen molar-refractivity contribution in [3.63, 3.8) is 0 Å². The number of benzene rings is 1. The summed E-state index contributed by atoms with van der Waals surface area (Å²) in [5.41, 5.74) is 1.04. The van der Waals surface area contributed by atoms with Gasteiger partial charge in [0.05, 0.1) is 6.42 Å². The van der Waals surface area contributed by atoms with Gasteiger partial charge in [0.1, 0.15) is 0 Å². The van der Waals surface area contributed by atoms with Gasteiger partial charge in [0.2, 0.25) is 0 Å². The maximum absolute atomic E-state index is 10.9. The molecule has 0 aliphatic carbocycles. The van der Waals surface area contributed by atoms with Gasteiger partial charge in [-0.2, -0.15) is 0 Å². The molecule has 0 saturated carbocycles. The van der Waals surface area contributed by atoms with Gasteiger partial charge in [-0.15, -0.1) is 7.05 Å². The van der Waals surface area contributed by atoms with Crippen LogP contribution in [-0.2, 0) is 11.2 Å². The van der Waals surface area contributed by atoms with E-state index in [1.165, 1.54) is 5.32 Å². The summed E-state index contributed by atoms with van der Waals surface area (Å²) in [6, 6.07) is 9.64. The minimum atomic E-state index is 0.0659. The zero-order valence-corrected chi connectivity index (χ0v) is 6.29. The molecule has 0 spiro atoms. The largest absolute Gasteiger partial charge is 0.415 e. The Kier molecular flexibility index (Phi) is 2.81. The highest BCUT2D eigenvalue weighted by molar-refractivity contribution is 5.68. The molecular formula is C9H11NO. The van der Waals surface area contributed by atoms with Crippen molar-refractivity contribution in [3.05, 3.63) is 42.9 Å². The lowest BCUT2D eigenvalue weighted by Crippen LogP contribution is -2.81. The van der Waals surface area contributed by atoms with Gasteiger partial charge in [-0.25, -0.2) is 4.79 Å². The number of nitrogens with two attached hydrogens (primary N) is 1. The Morgan fingerprint density at radius 2 is 2.00 bits per heavy atom. The molecule has 2 heteroatoms. The molecule has 1 amide bonds. The van der Waals surface area contributed by atoms with Crippen molar-refractivity contribution in [1.82, 2.24) is 0 Å². The molecule has 2 nitrogen and oxygen atoms in total. The second-order valence-electron chi connectivity index (χ2n) is 2.33. The lowest BCUT2D eigenvalue weighted by Gasteiger charge is -1.97. The van der Waals surface area contributed by atoms with E-state index >= 15 is 0 Å². The van der Waals surface area contributed by atoms with Crippen molar-refractivity contribution in [1.29, 1.82) is 0 Å². The molecular weight excluding hydrogens is 138 g/mol. The van der Waals surface area contributed by atoms with E-state index in [4.69, 9.17) is 0 Å². The maximum atomic E-state index is 10.9. The molecule has 0 heterocycles. The third-order valence-electron chi connectivity index (χ3n) is 1.45. The van der Waals surface area contributed by atoms with Crippen LogP contribution in [0.5, 0.6) is 0 Å². The summed E-state index contributed by atoms with van der Waals surface area (Å²) in [5, 5.41) is 1.35. The minimum absolute atomic E-state index is 0.0659. The third-order valence-corrected chi connectivity index (χ3v) is 1.45. The van der Waals surface area contributed by atoms with Crippen molar-refractivity contribution in [3.8, 4) is 0 Å². The third kappa shape index (κ3) is 2.51. The normalized spacial score (nSPS) is 9.55. The highest BCUT2D eigenvalue weighted by Crippen LogP contribution is 1.97. The molecule has 0 fully saturated rings. The zero-order chi connectivity index (χ0) is 8.10. The van der Waals surface area contributed by atoms with Crippen LogP contribution in [0.15, 0.2) is 30.3 Å². The fourth-order valence-corrected chi connectivity index (χ4v) is 0.869. The van der Waals surface area contributed by atoms with Crippen molar-refractivity contribution in [2.75, 3.05) is 0 Å². The Morgan fingerprint density at radius 1 is 1.36 bits per heavy atom. The molecule has 58 valence electrons. The topological polar surface area (TPSA) is 33.7 Å². The van der Waals surface area contributed by atoms with Crippen molar-refractivity contribution >= 4 is 5.91 Å². The van der Waals surface area contributed by atoms with Crippen LogP contribution in [0.3, 0.4) is 0 Å². The number of carbonyl (C=O) groups is 1. The average Bonchev–Trinajstić information content (AvgIpc) is 2.06. The van der Waals surface area contributed by atoms with E-state index in [1.807, 2.05) is 30.3 Å². The van der Waals surface area contributed by atoms with Crippen LogP contribution < -0.4 is 5.32 Å². The Balaban J connectivity index is 2.58. The molecule has 11 heavy (non-hydrogen) atoms. The smallest absolute Gasteiger partial charge is 0.288 e. The predicted molar refractivity (Wildman–Crippen MR) is 42.4 cm³/mol. The molecule has 2 N–H and O–H groups in total. The molecule has 0 unspecified atom stereocenters. The summed E-state index contributed by atoms with van der Waals surface area (Å²) in [4.78, 5) is 10.9. The standard InChI is InChI=1S/C9H11NO/c1-10-9(11)7-8-5-3-2-4-6-8/h2-6H,1,7,10H2. The molecule has 0 aliphatic heterocycles. The fraction of sp³-hybridized carbons (Fsp3) is 0.111. The Bertz CT molecular complexity index is 231. The highest BCUT2D eigenvalue weighted by Gasteiger charge is 1.99. The SMILES string of the molecule is [CH2-][NH2+]C(=O)Cc1ccccc1. The van der Waals surface area contributed by atoms with Crippen LogP contribution in [0.4, 0.5) is 0 Å². The first kappa shape index (κ1) is 7.95. The lowest BCUT2D eigenvalue weighted by atomic mass is 10.1. The van der Waals surface area contributed by atoms with Gasteiger partial charge < -0.3 is 5.32 Å². The van der Waals surface area contributed by atoms with E-state index in [0.717, 1.165) is 5.56 Å². The highest BCUT2D eigenvalue weighted by atomic mass is 16.1. The zero-order valence-electron chi connectivity index (χ0n) is 6.29. The van der Waals surface area contributed by atoms with E-state index in [2.05, 4.69) is 7.05 Å². The lowest BCUT2D eigenvalue weighted by molar-refractivity contribution is -0.506. The van der Waals surface area contributed by atoms with Crippen LogP contribution in [-0.4, -0.2) is 5.91 Å². The number of carbonyl (C=O) groups excluding carboxylic acids is 1. The summed E-state index contributed by atoms with van der Waals surface area (Å²) in [6.45, 7) is 0. The van der Waals surface area contributed by atoms with Crippen molar-refractivity contribution in [2.24, 2.45) is 0 Å². The predicted octanol–water partition coefficient (Wildman–Crippen LogP) is 0.111.